The van der Waals surface area contributed by atoms with Gasteiger partial charge in [0.1, 0.15) is 18.1 Å². The number of nitrogens with one attached hydrogen (secondary N) is 3. The topological polar surface area (TPSA) is 261 Å². The van der Waals surface area contributed by atoms with E-state index in [9.17, 15) is 56.7 Å². The van der Waals surface area contributed by atoms with E-state index in [-0.39, 0.29) is 61.6 Å². The molecule has 2 aromatic heterocycles. The maximum atomic E-state index is 15.0. The number of piperidine rings is 1. The second kappa shape index (κ2) is 17.6. The Labute approximate surface area is 395 Å². The lowest BCUT2D eigenvalue weighted by Gasteiger charge is -2.41. The van der Waals surface area contributed by atoms with Crippen LogP contribution in [0, 0.1) is 6.92 Å². The molecule has 6 heterocycles. The number of anilines is 1. The number of hydrogen-bond donors (Lipinski definition) is 5. The molecule has 0 radical (unpaired) electrons. The highest BCUT2D eigenvalue weighted by Crippen LogP contribution is 2.59. The number of piperazine rings is 1. The Morgan fingerprint density at radius 2 is 1.64 bits per heavy atom. The first-order valence-electron chi connectivity index (χ1n) is 22.7. The first-order chi connectivity index (χ1) is 33.4. The number of imidazole rings is 1. The van der Waals surface area contributed by atoms with Crippen molar-refractivity contribution in [2.45, 2.75) is 68.9 Å². The Bertz CT molecular complexity index is 3290. The summed E-state index contributed by atoms with van der Waals surface area (Å²) in [6.07, 6.45) is 1.30. The van der Waals surface area contributed by atoms with Crippen molar-refractivity contribution in [3.8, 4) is 0 Å². The van der Waals surface area contributed by atoms with Crippen LogP contribution in [-0.4, -0.2) is 132 Å². The Morgan fingerprint density at radius 1 is 0.871 bits per heavy atom. The highest BCUT2D eigenvalue weighted by molar-refractivity contribution is 7.52. The van der Waals surface area contributed by atoms with Crippen molar-refractivity contribution in [2.75, 3.05) is 44.2 Å². The molecule has 10 rings (SSSR count). The first kappa shape index (κ1) is 46.4. The molecule has 6 aromatic rings. The van der Waals surface area contributed by atoms with E-state index in [1.807, 2.05) is 17.9 Å². The third-order valence-corrected chi connectivity index (χ3v) is 14.9. The number of carbonyl (C=O) groups is 6. The number of imide groups is 1. The Hall–Kier alpha value is -7.29. The lowest BCUT2D eigenvalue weighted by Crippen LogP contribution is -2.62. The standard InChI is InChI=1S/C47H46F2N9O11P/c1-25-5-13-37-31(21-25)39(53-69-37)45(64)56-16-15-30-10-11-36(57(30)43(62)32(24-56)50-41(60)27-7-6-26-8-9-29(23-28(26)22-27)47(48,49)70(66,67)68)44(63)55-19-17-54(18-20-55)33-3-2-4-34-40(33)52-46(65)58(34)35-12-14-38(59)51-42(35)61/h2-9,13,21-23,30,32,35-36H,10-12,14-20,24H2,1H3,(H,50,60)(H,52,65)(H,51,59,61)(H2,66,67,68)/t30-,32+,35?,36+/m1/s1. The average Bonchev–Trinajstić information content (AvgIpc) is 4.05. The summed E-state index contributed by atoms with van der Waals surface area (Å²) in [7, 11) is -5.91. The van der Waals surface area contributed by atoms with Crippen LogP contribution in [0.4, 0.5) is 14.5 Å². The van der Waals surface area contributed by atoms with Crippen molar-refractivity contribution in [3.05, 3.63) is 106 Å². The molecule has 0 saturated carbocycles. The van der Waals surface area contributed by atoms with Crippen LogP contribution < -0.4 is 21.2 Å². The second-order valence-electron chi connectivity index (χ2n) is 18.2. The van der Waals surface area contributed by atoms with Crippen LogP contribution >= 0.6 is 7.60 Å². The number of rotatable bonds is 8. The second-order valence-corrected chi connectivity index (χ2v) is 19.9. The Morgan fingerprint density at radius 3 is 2.40 bits per heavy atom. The number of para-hydroxylation sites is 1. The summed E-state index contributed by atoms with van der Waals surface area (Å²) in [4.78, 5) is 124. The molecule has 23 heteroatoms. The van der Waals surface area contributed by atoms with Gasteiger partial charge >= 0.3 is 18.9 Å². The minimum absolute atomic E-state index is 0.0131. The maximum Gasteiger partial charge on any atom is 0.399 e. The van der Waals surface area contributed by atoms with Gasteiger partial charge in [-0.3, -0.25) is 43.2 Å². The first-order valence-corrected chi connectivity index (χ1v) is 24.4. The van der Waals surface area contributed by atoms with E-state index < -0.39 is 78.2 Å². The van der Waals surface area contributed by atoms with Crippen molar-refractivity contribution in [2.24, 2.45) is 0 Å². The number of nitrogens with zero attached hydrogens (tertiary/aromatic N) is 6. The zero-order chi connectivity index (χ0) is 49.4. The molecule has 0 spiro atoms. The molecule has 4 aromatic carbocycles. The molecule has 4 fully saturated rings. The van der Waals surface area contributed by atoms with Crippen LogP contribution in [0.25, 0.3) is 32.8 Å². The fraction of sp³-hybridized carbons (Fsp3) is 0.362. The number of halogens is 2. The fourth-order valence-corrected chi connectivity index (χ4v) is 10.7. The minimum Gasteiger partial charge on any atom is -0.366 e. The number of amides is 6. The zero-order valence-corrected chi connectivity index (χ0v) is 38.4. The van der Waals surface area contributed by atoms with Crippen LogP contribution in [0.5, 0.6) is 0 Å². The number of benzene rings is 4. The average molecular weight is 982 g/mol. The molecule has 4 atom stereocenters. The summed E-state index contributed by atoms with van der Waals surface area (Å²) in [6.45, 7) is 2.86. The van der Waals surface area contributed by atoms with E-state index in [1.54, 1.807) is 35.2 Å². The van der Waals surface area contributed by atoms with Crippen LogP contribution in [0.3, 0.4) is 0 Å². The summed E-state index contributed by atoms with van der Waals surface area (Å²) in [5.74, 6) is -3.24. The van der Waals surface area contributed by atoms with Gasteiger partial charge in [-0.05, 0) is 85.8 Å². The molecule has 0 bridgehead atoms. The lowest BCUT2D eigenvalue weighted by molar-refractivity contribution is -0.147. The molecule has 4 aliphatic heterocycles. The summed E-state index contributed by atoms with van der Waals surface area (Å²) >= 11 is 0. The highest BCUT2D eigenvalue weighted by atomic mass is 31.2. The largest absolute Gasteiger partial charge is 0.399 e. The van der Waals surface area contributed by atoms with Crippen molar-refractivity contribution in [3.63, 3.8) is 0 Å². The summed E-state index contributed by atoms with van der Waals surface area (Å²) in [5, 5.41) is 10.0. The van der Waals surface area contributed by atoms with Crippen molar-refractivity contribution >= 4 is 81.5 Å². The predicted octanol–water partition coefficient (Wildman–Crippen LogP) is 3.49. The number of aromatic amines is 1. The maximum absolute atomic E-state index is 15.0. The van der Waals surface area contributed by atoms with Gasteiger partial charge in [0.15, 0.2) is 11.3 Å². The van der Waals surface area contributed by atoms with Gasteiger partial charge in [0.25, 0.3) is 11.8 Å². The number of hydrogen-bond acceptors (Lipinski definition) is 11. The summed E-state index contributed by atoms with van der Waals surface area (Å²) < 4.78 is 48.0. The van der Waals surface area contributed by atoms with Gasteiger partial charge in [-0.1, -0.05) is 41.1 Å². The molecular weight excluding hydrogens is 936 g/mol. The van der Waals surface area contributed by atoms with Gasteiger partial charge in [0.2, 0.25) is 23.6 Å². The van der Waals surface area contributed by atoms with E-state index >= 15 is 0 Å². The van der Waals surface area contributed by atoms with Gasteiger partial charge in [-0.25, -0.2) is 4.79 Å². The summed E-state index contributed by atoms with van der Waals surface area (Å²) in [5.41, 5.74) is -3.13. The van der Waals surface area contributed by atoms with Crippen LogP contribution in [0.15, 0.2) is 82.1 Å². The third kappa shape index (κ3) is 8.18. The Balaban J connectivity index is 0.902. The van der Waals surface area contributed by atoms with Gasteiger partial charge in [0.05, 0.1) is 28.7 Å². The number of H-pyrrole nitrogens is 1. The van der Waals surface area contributed by atoms with Crippen LogP contribution in [0.2, 0.25) is 0 Å². The van der Waals surface area contributed by atoms with Gasteiger partial charge in [0, 0.05) is 56.3 Å². The molecule has 4 saturated heterocycles. The lowest BCUT2D eigenvalue weighted by atomic mass is 10.0. The van der Waals surface area contributed by atoms with E-state index in [0.29, 0.717) is 65.4 Å². The molecule has 70 heavy (non-hydrogen) atoms. The highest BCUT2D eigenvalue weighted by Gasteiger charge is 2.51. The SMILES string of the molecule is Cc1ccc2onc(C(=O)N3CC[C@H]4CC[C@@H](C(=O)N5CCN(c6cccc7c6[nH]c(=O)n7C6CCC(=O)NC6=O)CC5)N4C(=O)[C@@H](NC(=O)c4ccc5ccc(C(F)(F)P(=O)(O)O)cc5c4)C3)c2c1. The number of fused-ring (bicyclic) bond motifs is 4. The molecule has 0 aliphatic carbocycles. The zero-order valence-electron chi connectivity index (χ0n) is 37.5. The van der Waals surface area contributed by atoms with Gasteiger partial charge in [-0.15, -0.1) is 0 Å². The number of aryl methyl sites for hydroxylation is 1. The monoisotopic (exact) mass is 981 g/mol. The number of alkyl halides is 2. The molecule has 1 unspecified atom stereocenters. The number of carbonyl (C=O) groups excluding carboxylic acids is 6. The minimum atomic E-state index is -5.91. The fourth-order valence-electron chi connectivity index (χ4n) is 10.3. The molecule has 5 N–H and O–H groups in total. The van der Waals surface area contributed by atoms with E-state index in [1.165, 1.54) is 38.6 Å². The summed E-state index contributed by atoms with van der Waals surface area (Å²) in [6, 6.07) is 14.0. The van der Waals surface area contributed by atoms with Crippen molar-refractivity contribution in [1.82, 2.24) is 40.0 Å². The molecular formula is C47H46F2N9O11P. The van der Waals surface area contributed by atoms with Crippen LogP contribution in [0.1, 0.15) is 70.1 Å². The normalized spacial score (nSPS) is 21.5. The van der Waals surface area contributed by atoms with E-state index in [2.05, 4.69) is 20.8 Å². The van der Waals surface area contributed by atoms with Gasteiger partial charge < -0.3 is 44.2 Å². The smallest absolute Gasteiger partial charge is 0.366 e. The molecule has 364 valence electrons. The van der Waals surface area contributed by atoms with Crippen molar-refractivity contribution in [1.29, 1.82) is 0 Å². The molecule has 20 nitrogen and oxygen atoms in total. The van der Waals surface area contributed by atoms with E-state index in [4.69, 9.17) is 4.52 Å². The van der Waals surface area contributed by atoms with Gasteiger partial charge in [-0.2, -0.15) is 8.78 Å². The third-order valence-electron chi connectivity index (χ3n) is 13.9. The molecule has 4 aliphatic rings. The molecule has 6 amide bonds. The predicted molar refractivity (Wildman–Crippen MR) is 247 cm³/mol. The Kier molecular flexibility index (Phi) is 11.7. The number of aromatic nitrogens is 3. The van der Waals surface area contributed by atoms with Crippen LogP contribution in [-0.2, 0) is 29.4 Å². The van der Waals surface area contributed by atoms with E-state index in [0.717, 1.165) is 17.7 Å². The van der Waals surface area contributed by atoms with Crippen molar-refractivity contribution < 1.29 is 56.4 Å². The quantitative estimate of drug-likeness (QED) is 0.108.